The Bertz CT molecular complexity index is 1130. The first kappa shape index (κ1) is 15.9. The van der Waals surface area contributed by atoms with Gasteiger partial charge in [0.2, 0.25) is 0 Å². The second-order valence-corrected chi connectivity index (χ2v) is 7.38. The Morgan fingerprint density at radius 3 is 2.04 bits per heavy atom. The quantitative estimate of drug-likeness (QED) is 0.347. The van der Waals surface area contributed by atoms with Crippen LogP contribution in [0.15, 0.2) is 54.6 Å². The molecular formula is C25H24. The molecule has 0 spiro atoms. The standard InChI is InChI=1S/C25H24/c1-15-10-21-12-16(2)17(3)14-23(21)24(11-15)25-19(5)18(4)13-20-8-6-7-9-22(20)25/h6-14H,1-5H3. The average molecular weight is 324 g/mol. The fraction of sp³-hybridized carbons (Fsp3) is 0.200. The lowest BCUT2D eigenvalue weighted by Gasteiger charge is -2.17. The number of hydrogen-bond acceptors (Lipinski definition) is 0. The van der Waals surface area contributed by atoms with Crippen LogP contribution in [0.25, 0.3) is 32.7 Å². The van der Waals surface area contributed by atoms with E-state index in [0.717, 1.165) is 0 Å². The Morgan fingerprint density at radius 1 is 0.560 bits per heavy atom. The van der Waals surface area contributed by atoms with E-state index in [0.29, 0.717) is 0 Å². The lowest BCUT2D eigenvalue weighted by molar-refractivity contribution is 1.35. The Kier molecular flexibility index (Phi) is 3.65. The van der Waals surface area contributed by atoms with Gasteiger partial charge in [0, 0.05) is 0 Å². The Morgan fingerprint density at radius 2 is 1.24 bits per heavy atom. The van der Waals surface area contributed by atoms with Gasteiger partial charge in [0.25, 0.3) is 0 Å². The number of rotatable bonds is 1. The topological polar surface area (TPSA) is 0 Å². The van der Waals surface area contributed by atoms with Gasteiger partial charge in [0.05, 0.1) is 0 Å². The highest BCUT2D eigenvalue weighted by molar-refractivity contribution is 6.07. The van der Waals surface area contributed by atoms with Crippen molar-refractivity contribution in [2.75, 3.05) is 0 Å². The molecule has 4 aromatic carbocycles. The van der Waals surface area contributed by atoms with E-state index in [1.54, 1.807) is 0 Å². The van der Waals surface area contributed by atoms with E-state index in [9.17, 15) is 0 Å². The highest BCUT2D eigenvalue weighted by Gasteiger charge is 2.14. The van der Waals surface area contributed by atoms with Crippen molar-refractivity contribution in [3.8, 4) is 11.1 Å². The first-order valence-electron chi connectivity index (χ1n) is 8.96. The monoisotopic (exact) mass is 324 g/mol. The summed E-state index contributed by atoms with van der Waals surface area (Å²) in [6, 6.07) is 20.4. The lowest BCUT2D eigenvalue weighted by Crippen LogP contribution is -1.93. The van der Waals surface area contributed by atoms with Crippen molar-refractivity contribution in [1.29, 1.82) is 0 Å². The zero-order chi connectivity index (χ0) is 17.7. The van der Waals surface area contributed by atoms with Gasteiger partial charge in [-0.05, 0) is 95.1 Å². The molecule has 0 unspecified atom stereocenters. The average Bonchev–Trinajstić information content (AvgIpc) is 2.57. The van der Waals surface area contributed by atoms with Crippen LogP contribution in [-0.2, 0) is 0 Å². The van der Waals surface area contributed by atoms with Crippen LogP contribution in [0.4, 0.5) is 0 Å². The van der Waals surface area contributed by atoms with Gasteiger partial charge in [-0.3, -0.25) is 0 Å². The van der Waals surface area contributed by atoms with E-state index in [4.69, 9.17) is 0 Å². The van der Waals surface area contributed by atoms with Crippen LogP contribution in [0, 0.1) is 34.6 Å². The normalized spacial score (nSPS) is 11.4. The largest absolute Gasteiger partial charge is 0.0616 e. The van der Waals surface area contributed by atoms with Gasteiger partial charge < -0.3 is 0 Å². The molecule has 0 heteroatoms. The molecule has 0 saturated carbocycles. The van der Waals surface area contributed by atoms with E-state index in [2.05, 4.69) is 89.2 Å². The molecule has 0 N–H and O–H groups in total. The van der Waals surface area contributed by atoms with Crippen molar-refractivity contribution >= 4 is 21.5 Å². The van der Waals surface area contributed by atoms with Crippen LogP contribution in [0.1, 0.15) is 27.8 Å². The van der Waals surface area contributed by atoms with E-state index in [1.165, 1.54) is 60.5 Å². The Balaban J connectivity index is 2.21. The summed E-state index contributed by atoms with van der Waals surface area (Å²) < 4.78 is 0. The minimum absolute atomic E-state index is 1.32. The molecule has 0 amide bonds. The van der Waals surface area contributed by atoms with Crippen LogP contribution in [-0.4, -0.2) is 0 Å². The summed E-state index contributed by atoms with van der Waals surface area (Å²) in [7, 11) is 0. The van der Waals surface area contributed by atoms with Crippen LogP contribution in [0.5, 0.6) is 0 Å². The number of hydrogen-bond donors (Lipinski definition) is 0. The van der Waals surface area contributed by atoms with Crippen molar-refractivity contribution in [1.82, 2.24) is 0 Å². The molecule has 0 aromatic heterocycles. The number of benzene rings is 4. The van der Waals surface area contributed by atoms with Crippen molar-refractivity contribution in [3.63, 3.8) is 0 Å². The highest BCUT2D eigenvalue weighted by atomic mass is 14.2. The van der Waals surface area contributed by atoms with Crippen molar-refractivity contribution in [2.45, 2.75) is 34.6 Å². The number of fused-ring (bicyclic) bond motifs is 2. The molecule has 124 valence electrons. The van der Waals surface area contributed by atoms with E-state index < -0.39 is 0 Å². The summed E-state index contributed by atoms with van der Waals surface area (Å²) in [5.41, 5.74) is 9.50. The molecule has 0 bridgehead atoms. The summed E-state index contributed by atoms with van der Waals surface area (Å²) >= 11 is 0. The van der Waals surface area contributed by atoms with Crippen molar-refractivity contribution < 1.29 is 0 Å². The molecule has 0 fully saturated rings. The smallest absolute Gasteiger partial charge is 0.00671 e. The maximum Gasteiger partial charge on any atom is -0.00671 e. The minimum Gasteiger partial charge on any atom is -0.0616 e. The van der Waals surface area contributed by atoms with Gasteiger partial charge >= 0.3 is 0 Å². The molecule has 0 heterocycles. The summed E-state index contributed by atoms with van der Waals surface area (Å²) in [6.07, 6.45) is 0. The third-order valence-corrected chi connectivity index (χ3v) is 5.55. The zero-order valence-electron chi connectivity index (χ0n) is 15.7. The van der Waals surface area contributed by atoms with Crippen molar-refractivity contribution in [2.24, 2.45) is 0 Å². The van der Waals surface area contributed by atoms with E-state index in [-0.39, 0.29) is 0 Å². The Hall–Kier alpha value is -2.60. The van der Waals surface area contributed by atoms with Crippen molar-refractivity contribution in [3.05, 3.63) is 82.4 Å². The molecule has 25 heavy (non-hydrogen) atoms. The molecule has 0 aliphatic rings. The maximum atomic E-state index is 2.36. The summed E-state index contributed by atoms with van der Waals surface area (Å²) in [6.45, 7) is 11.1. The molecule has 4 rings (SSSR count). The minimum atomic E-state index is 1.32. The lowest BCUT2D eigenvalue weighted by atomic mass is 9.86. The van der Waals surface area contributed by atoms with E-state index >= 15 is 0 Å². The molecule has 0 atom stereocenters. The second kappa shape index (κ2) is 5.74. The van der Waals surface area contributed by atoms with E-state index in [1.807, 2.05) is 0 Å². The Labute approximate surface area is 150 Å². The number of aryl methyl sites for hydroxylation is 4. The third kappa shape index (κ3) is 2.53. The van der Waals surface area contributed by atoms with Crippen LogP contribution >= 0.6 is 0 Å². The van der Waals surface area contributed by atoms with Crippen LogP contribution in [0.2, 0.25) is 0 Å². The molecule has 4 aromatic rings. The van der Waals surface area contributed by atoms with Gasteiger partial charge in [-0.25, -0.2) is 0 Å². The fourth-order valence-corrected chi connectivity index (χ4v) is 3.93. The van der Waals surface area contributed by atoms with Gasteiger partial charge in [-0.2, -0.15) is 0 Å². The molecule has 0 aliphatic carbocycles. The van der Waals surface area contributed by atoms with Gasteiger partial charge in [-0.1, -0.05) is 54.6 Å². The second-order valence-electron chi connectivity index (χ2n) is 7.38. The van der Waals surface area contributed by atoms with Gasteiger partial charge in [0.15, 0.2) is 0 Å². The van der Waals surface area contributed by atoms with Crippen LogP contribution in [0.3, 0.4) is 0 Å². The van der Waals surface area contributed by atoms with Gasteiger partial charge in [-0.15, -0.1) is 0 Å². The molecule has 0 aliphatic heterocycles. The third-order valence-electron chi connectivity index (χ3n) is 5.55. The SMILES string of the molecule is Cc1cc(-c2c(C)c(C)cc3ccccc23)c2cc(C)c(C)cc2c1. The zero-order valence-corrected chi connectivity index (χ0v) is 15.7. The van der Waals surface area contributed by atoms with Crippen LogP contribution < -0.4 is 0 Å². The predicted molar refractivity (Wildman–Crippen MR) is 111 cm³/mol. The molecule has 0 radical (unpaired) electrons. The summed E-state index contributed by atoms with van der Waals surface area (Å²) in [5.74, 6) is 0. The summed E-state index contributed by atoms with van der Waals surface area (Å²) in [4.78, 5) is 0. The maximum absolute atomic E-state index is 2.36. The summed E-state index contributed by atoms with van der Waals surface area (Å²) in [5, 5.41) is 5.35. The highest BCUT2D eigenvalue weighted by Crippen LogP contribution is 2.39. The predicted octanol–water partition coefficient (Wildman–Crippen LogP) is 7.20. The first-order valence-corrected chi connectivity index (χ1v) is 8.96. The molecular weight excluding hydrogens is 300 g/mol. The fourth-order valence-electron chi connectivity index (χ4n) is 3.93. The molecule has 0 nitrogen and oxygen atoms in total. The van der Waals surface area contributed by atoms with Gasteiger partial charge in [0.1, 0.15) is 0 Å². The molecule has 0 saturated heterocycles. The first-order chi connectivity index (χ1) is 12.0.